The van der Waals surface area contributed by atoms with Gasteiger partial charge in [0.1, 0.15) is 11.2 Å². The minimum absolute atomic E-state index is 0.221. The number of carbonyl (C=O) groups excluding carboxylic acids is 1. The third-order valence-electron chi connectivity index (χ3n) is 5.62. The van der Waals surface area contributed by atoms with Crippen LogP contribution in [0.4, 0.5) is 0 Å². The van der Waals surface area contributed by atoms with Crippen molar-refractivity contribution in [2.45, 2.75) is 65.7 Å². The number of rotatable bonds is 3. The predicted molar refractivity (Wildman–Crippen MR) is 87.2 cm³/mol. The van der Waals surface area contributed by atoms with Gasteiger partial charge in [0.05, 0.1) is 0 Å². The van der Waals surface area contributed by atoms with E-state index in [1.54, 1.807) is 0 Å². The minimum Gasteiger partial charge on any atom is -0.480 e. The second-order valence-corrected chi connectivity index (χ2v) is 7.08. The number of ketones is 1. The van der Waals surface area contributed by atoms with Gasteiger partial charge < -0.3 is 5.11 Å². The first kappa shape index (κ1) is 16.7. The van der Waals surface area contributed by atoms with E-state index in [9.17, 15) is 14.7 Å². The number of hydrogen-bond donors (Lipinski definition) is 1. The molecule has 1 aliphatic carbocycles. The maximum absolute atomic E-state index is 12.5. The molecule has 0 bridgehead atoms. The monoisotopic (exact) mass is 302 g/mol. The molecular weight excluding hydrogens is 276 g/mol. The number of hydrogen-bond acceptors (Lipinski definition) is 2. The van der Waals surface area contributed by atoms with Crippen molar-refractivity contribution in [1.82, 2.24) is 0 Å². The molecule has 1 aromatic rings. The van der Waals surface area contributed by atoms with E-state index in [4.69, 9.17) is 0 Å². The van der Waals surface area contributed by atoms with Crippen LogP contribution >= 0.6 is 0 Å². The Morgan fingerprint density at radius 1 is 1.05 bits per heavy atom. The van der Waals surface area contributed by atoms with Crippen LogP contribution in [0, 0.1) is 26.2 Å². The van der Waals surface area contributed by atoms with E-state index < -0.39 is 16.8 Å². The minimum atomic E-state index is -1.31. The van der Waals surface area contributed by atoms with Crippen LogP contribution in [0.2, 0.25) is 0 Å². The van der Waals surface area contributed by atoms with Crippen LogP contribution in [0.3, 0.4) is 0 Å². The van der Waals surface area contributed by atoms with Crippen molar-refractivity contribution in [3.05, 3.63) is 34.4 Å². The molecule has 2 atom stereocenters. The summed E-state index contributed by atoms with van der Waals surface area (Å²) in [5.41, 5.74) is 2.45. The van der Waals surface area contributed by atoms with E-state index >= 15 is 0 Å². The average molecular weight is 302 g/mol. The molecule has 3 heteroatoms. The molecule has 0 saturated heterocycles. The molecular formula is C19H26O3. The Bertz CT molecular complexity index is 593. The second kappa shape index (κ2) is 5.53. The molecule has 0 aromatic heterocycles. The maximum Gasteiger partial charge on any atom is 0.318 e. The smallest absolute Gasteiger partial charge is 0.318 e. The van der Waals surface area contributed by atoms with Crippen LogP contribution in [0.1, 0.15) is 61.8 Å². The van der Waals surface area contributed by atoms with Crippen LogP contribution in [-0.2, 0) is 15.0 Å². The van der Waals surface area contributed by atoms with Crippen LogP contribution in [-0.4, -0.2) is 16.9 Å². The molecule has 1 N–H and O–H groups in total. The molecule has 0 amide bonds. The van der Waals surface area contributed by atoms with Crippen molar-refractivity contribution < 1.29 is 14.7 Å². The van der Waals surface area contributed by atoms with Gasteiger partial charge >= 0.3 is 5.97 Å². The third-order valence-corrected chi connectivity index (χ3v) is 5.62. The number of aryl methyl sites for hydroxylation is 3. The lowest BCUT2D eigenvalue weighted by Crippen LogP contribution is -2.56. The fraction of sp³-hybridized carbons (Fsp3) is 0.579. The van der Waals surface area contributed by atoms with Gasteiger partial charge in [-0.1, -0.05) is 37.5 Å². The zero-order valence-corrected chi connectivity index (χ0v) is 14.2. The Morgan fingerprint density at radius 3 is 2.00 bits per heavy atom. The van der Waals surface area contributed by atoms with Gasteiger partial charge in [-0.15, -0.1) is 0 Å². The summed E-state index contributed by atoms with van der Waals surface area (Å²) >= 11 is 0. The SMILES string of the molecule is CC(=O)C1(C(=O)O)CCCCC1(C)c1c(C)cc(C)cc1C. The average Bonchev–Trinajstić information content (AvgIpc) is 2.36. The normalized spacial score (nSPS) is 28.4. The fourth-order valence-corrected chi connectivity index (χ4v) is 4.80. The zero-order chi connectivity index (χ0) is 16.7. The van der Waals surface area contributed by atoms with Crippen molar-refractivity contribution in [2.75, 3.05) is 0 Å². The summed E-state index contributed by atoms with van der Waals surface area (Å²) in [6.45, 7) is 9.52. The topological polar surface area (TPSA) is 54.4 Å². The first-order valence-corrected chi connectivity index (χ1v) is 7.99. The fourth-order valence-electron chi connectivity index (χ4n) is 4.80. The van der Waals surface area contributed by atoms with Gasteiger partial charge in [-0.2, -0.15) is 0 Å². The third kappa shape index (κ3) is 2.18. The molecule has 0 spiro atoms. The van der Waals surface area contributed by atoms with E-state index in [0.29, 0.717) is 6.42 Å². The Morgan fingerprint density at radius 2 is 1.55 bits per heavy atom. The highest BCUT2D eigenvalue weighted by atomic mass is 16.4. The van der Waals surface area contributed by atoms with Crippen molar-refractivity contribution in [3.8, 4) is 0 Å². The lowest BCUT2D eigenvalue weighted by molar-refractivity contribution is -0.162. The van der Waals surface area contributed by atoms with Gasteiger partial charge in [-0.3, -0.25) is 9.59 Å². The van der Waals surface area contributed by atoms with Gasteiger partial charge in [0.25, 0.3) is 0 Å². The highest BCUT2D eigenvalue weighted by molar-refractivity contribution is 6.04. The first-order valence-electron chi connectivity index (χ1n) is 7.99. The molecule has 2 unspecified atom stereocenters. The molecule has 1 fully saturated rings. The Labute approximate surface area is 132 Å². The van der Waals surface area contributed by atoms with Gasteiger partial charge in [0.2, 0.25) is 0 Å². The lowest BCUT2D eigenvalue weighted by Gasteiger charge is -2.49. The van der Waals surface area contributed by atoms with Crippen LogP contribution in [0.5, 0.6) is 0 Å². The van der Waals surface area contributed by atoms with Gasteiger partial charge in [-0.25, -0.2) is 0 Å². The van der Waals surface area contributed by atoms with Crippen molar-refractivity contribution in [2.24, 2.45) is 5.41 Å². The summed E-state index contributed by atoms with van der Waals surface area (Å²) in [6.07, 6.45) is 2.93. The lowest BCUT2D eigenvalue weighted by atomic mass is 9.51. The van der Waals surface area contributed by atoms with Gasteiger partial charge in [-0.05, 0) is 57.2 Å². The summed E-state index contributed by atoms with van der Waals surface area (Å²) in [5.74, 6) is -1.19. The summed E-state index contributed by atoms with van der Waals surface area (Å²) in [5, 5.41) is 9.97. The standard InChI is InChI=1S/C19H26O3/c1-12-10-13(2)16(14(3)11-12)18(5)8-6-7-9-19(18,15(4)20)17(21)22/h10-11H,6-9H2,1-5H3,(H,21,22). The van der Waals surface area contributed by atoms with Crippen molar-refractivity contribution in [1.29, 1.82) is 0 Å². The van der Waals surface area contributed by atoms with E-state index in [2.05, 4.69) is 12.1 Å². The Kier molecular flexibility index (Phi) is 4.20. The number of carbonyl (C=O) groups is 2. The van der Waals surface area contributed by atoms with E-state index in [1.165, 1.54) is 12.5 Å². The first-order chi connectivity index (χ1) is 10.2. The molecule has 22 heavy (non-hydrogen) atoms. The van der Waals surface area contributed by atoms with Crippen molar-refractivity contribution >= 4 is 11.8 Å². The van der Waals surface area contributed by atoms with Crippen molar-refractivity contribution in [3.63, 3.8) is 0 Å². The van der Waals surface area contributed by atoms with Crippen LogP contribution < -0.4 is 0 Å². The highest BCUT2D eigenvalue weighted by Crippen LogP contribution is 2.54. The second-order valence-electron chi connectivity index (χ2n) is 7.08. The summed E-state index contributed by atoms with van der Waals surface area (Å²) < 4.78 is 0. The van der Waals surface area contributed by atoms with Gasteiger partial charge in [0.15, 0.2) is 0 Å². The number of Topliss-reactive ketones (excluding diaryl/α,β-unsaturated/α-hetero) is 1. The zero-order valence-electron chi connectivity index (χ0n) is 14.2. The molecule has 2 rings (SSSR count). The number of carboxylic acids is 1. The highest BCUT2D eigenvalue weighted by Gasteiger charge is 2.59. The van der Waals surface area contributed by atoms with E-state index in [0.717, 1.165) is 36.0 Å². The molecule has 1 aromatic carbocycles. The molecule has 0 radical (unpaired) electrons. The quantitative estimate of drug-likeness (QED) is 0.855. The van der Waals surface area contributed by atoms with E-state index in [1.807, 2.05) is 27.7 Å². The molecule has 120 valence electrons. The Balaban J connectivity index is 2.78. The van der Waals surface area contributed by atoms with Crippen LogP contribution in [0.25, 0.3) is 0 Å². The Hall–Kier alpha value is -1.64. The van der Waals surface area contributed by atoms with Crippen LogP contribution in [0.15, 0.2) is 12.1 Å². The molecule has 1 aliphatic rings. The predicted octanol–water partition coefficient (Wildman–Crippen LogP) is 4.10. The number of benzene rings is 1. The molecule has 0 aliphatic heterocycles. The molecule has 0 heterocycles. The molecule has 1 saturated carbocycles. The summed E-state index contributed by atoms with van der Waals surface area (Å²) in [7, 11) is 0. The number of carboxylic acid groups (broad SMARTS) is 1. The summed E-state index contributed by atoms with van der Waals surface area (Å²) in [4.78, 5) is 24.6. The van der Waals surface area contributed by atoms with Gasteiger partial charge in [0, 0.05) is 5.41 Å². The molecule has 3 nitrogen and oxygen atoms in total. The van der Waals surface area contributed by atoms with E-state index in [-0.39, 0.29) is 5.78 Å². The maximum atomic E-state index is 12.5. The summed E-state index contributed by atoms with van der Waals surface area (Å²) in [6, 6.07) is 4.18. The largest absolute Gasteiger partial charge is 0.480 e. The number of aliphatic carboxylic acids is 1.